The van der Waals surface area contributed by atoms with Gasteiger partial charge in [-0.3, -0.25) is 4.79 Å². The molecule has 4 rings (SSSR count). The van der Waals surface area contributed by atoms with Crippen molar-refractivity contribution in [2.45, 2.75) is 20.3 Å². The van der Waals surface area contributed by atoms with Gasteiger partial charge in [0.1, 0.15) is 16.6 Å². The third-order valence-electron chi connectivity index (χ3n) is 5.52. The summed E-state index contributed by atoms with van der Waals surface area (Å²) in [6.45, 7) is 7.24. The Bertz CT molecular complexity index is 1120. The van der Waals surface area contributed by atoms with Crippen molar-refractivity contribution >= 4 is 29.0 Å². The summed E-state index contributed by atoms with van der Waals surface area (Å²) < 4.78 is 10.7. The lowest BCUT2D eigenvalue weighted by atomic mass is 10.2. The van der Waals surface area contributed by atoms with E-state index in [0.717, 1.165) is 27.8 Å². The number of esters is 1. The summed E-state index contributed by atoms with van der Waals surface area (Å²) in [5, 5.41) is 2.80. The second kappa shape index (κ2) is 11.1. The van der Waals surface area contributed by atoms with Crippen LogP contribution in [0.25, 0.3) is 10.6 Å². The predicted octanol–water partition coefficient (Wildman–Crippen LogP) is 3.67. The number of carbonyl (C=O) groups is 2. The molecule has 0 bridgehead atoms. The number of rotatable bonds is 8. The van der Waals surface area contributed by atoms with Crippen molar-refractivity contribution in [3.05, 3.63) is 59.2 Å². The fourth-order valence-corrected chi connectivity index (χ4v) is 4.65. The first-order chi connectivity index (χ1) is 16.6. The van der Waals surface area contributed by atoms with Crippen LogP contribution in [0.4, 0.5) is 5.82 Å². The van der Waals surface area contributed by atoms with Crippen molar-refractivity contribution in [1.82, 2.24) is 14.9 Å². The van der Waals surface area contributed by atoms with E-state index in [1.807, 2.05) is 47.5 Å². The molecule has 9 heteroatoms. The van der Waals surface area contributed by atoms with E-state index in [9.17, 15) is 9.59 Å². The Balaban J connectivity index is 1.32. The first-order valence-electron chi connectivity index (χ1n) is 11.4. The van der Waals surface area contributed by atoms with Crippen molar-refractivity contribution in [3.63, 3.8) is 0 Å². The van der Waals surface area contributed by atoms with E-state index in [-0.39, 0.29) is 18.3 Å². The van der Waals surface area contributed by atoms with Gasteiger partial charge in [-0.1, -0.05) is 12.1 Å². The van der Waals surface area contributed by atoms with Gasteiger partial charge in [0.2, 0.25) is 5.91 Å². The molecule has 1 amide bonds. The molecule has 8 nitrogen and oxygen atoms in total. The maximum atomic E-state index is 12.9. The Morgan fingerprint density at radius 3 is 2.53 bits per heavy atom. The normalized spacial score (nSPS) is 13.6. The summed E-state index contributed by atoms with van der Waals surface area (Å²) in [6.07, 6.45) is 1.81. The molecule has 1 aromatic carbocycles. The van der Waals surface area contributed by atoms with E-state index in [1.54, 1.807) is 13.0 Å². The molecule has 0 radical (unpaired) electrons. The second-order valence-electron chi connectivity index (χ2n) is 7.74. The highest BCUT2D eigenvalue weighted by molar-refractivity contribution is 7.13. The Kier molecular flexibility index (Phi) is 7.74. The molecule has 0 aliphatic carbocycles. The molecule has 0 spiro atoms. The highest BCUT2D eigenvalue weighted by Gasteiger charge is 2.23. The van der Waals surface area contributed by atoms with E-state index < -0.39 is 0 Å². The van der Waals surface area contributed by atoms with Gasteiger partial charge in [0.05, 0.1) is 36.5 Å². The van der Waals surface area contributed by atoms with Crippen LogP contribution in [-0.4, -0.2) is 66.1 Å². The largest absolute Gasteiger partial charge is 0.493 e. The Hall–Kier alpha value is -3.46. The molecule has 2 aromatic heterocycles. The molecule has 34 heavy (non-hydrogen) atoms. The molecule has 0 N–H and O–H groups in total. The van der Waals surface area contributed by atoms with Crippen molar-refractivity contribution < 1.29 is 19.1 Å². The minimum atomic E-state index is -0.372. The summed E-state index contributed by atoms with van der Waals surface area (Å²) in [6, 6.07) is 11.4. The minimum Gasteiger partial charge on any atom is -0.493 e. The lowest BCUT2D eigenvalue weighted by Crippen LogP contribution is -2.49. The first-order valence-corrected chi connectivity index (χ1v) is 12.3. The Morgan fingerprint density at radius 2 is 1.82 bits per heavy atom. The number of thiazole rings is 1. The molecule has 0 unspecified atom stereocenters. The zero-order valence-electron chi connectivity index (χ0n) is 19.4. The quantitative estimate of drug-likeness (QED) is 0.455. The molecule has 3 heterocycles. The summed E-state index contributed by atoms with van der Waals surface area (Å²) in [7, 11) is 0. The molecular formula is C25H28N4O4S. The molecule has 1 aliphatic heterocycles. The van der Waals surface area contributed by atoms with Crippen LogP contribution >= 0.6 is 11.3 Å². The monoisotopic (exact) mass is 480 g/mol. The van der Waals surface area contributed by atoms with Crippen LogP contribution in [0.1, 0.15) is 29.9 Å². The van der Waals surface area contributed by atoms with E-state index in [1.165, 1.54) is 17.5 Å². The van der Waals surface area contributed by atoms with Crippen LogP contribution in [0.3, 0.4) is 0 Å². The number of benzene rings is 1. The Labute approximate surface area is 203 Å². The number of pyridine rings is 1. The predicted molar refractivity (Wildman–Crippen MR) is 131 cm³/mol. The molecular weight excluding hydrogens is 452 g/mol. The highest BCUT2D eigenvalue weighted by atomic mass is 32.1. The summed E-state index contributed by atoms with van der Waals surface area (Å²) in [5.74, 6) is 1.29. The third kappa shape index (κ3) is 5.53. The van der Waals surface area contributed by atoms with Gasteiger partial charge in [0, 0.05) is 37.8 Å². The average molecular weight is 481 g/mol. The van der Waals surface area contributed by atoms with Crippen LogP contribution in [-0.2, 0) is 16.0 Å². The fourth-order valence-electron chi connectivity index (χ4n) is 3.80. The second-order valence-corrected chi connectivity index (χ2v) is 8.60. The molecule has 3 aromatic rings. The van der Waals surface area contributed by atoms with E-state index >= 15 is 0 Å². The van der Waals surface area contributed by atoms with Crippen LogP contribution in [0.15, 0.2) is 48.0 Å². The van der Waals surface area contributed by atoms with Crippen molar-refractivity contribution in [2.24, 2.45) is 0 Å². The molecule has 178 valence electrons. The maximum absolute atomic E-state index is 12.9. The molecule has 1 saturated heterocycles. The fraction of sp³-hybridized carbons (Fsp3) is 0.360. The van der Waals surface area contributed by atoms with Gasteiger partial charge in [0.25, 0.3) is 0 Å². The number of amides is 1. The lowest BCUT2D eigenvalue weighted by Gasteiger charge is -2.35. The van der Waals surface area contributed by atoms with Gasteiger partial charge in [0.15, 0.2) is 0 Å². The van der Waals surface area contributed by atoms with E-state index in [2.05, 4.69) is 14.9 Å². The Morgan fingerprint density at radius 1 is 1.03 bits per heavy atom. The summed E-state index contributed by atoms with van der Waals surface area (Å²) >= 11 is 1.52. The maximum Gasteiger partial charge on any atom is 0.339 e. The number of nitrogens with zero attached hydrogens (tertiary/aromatic N) is 4. The zero-order valence-corrected chi connectivity index (χ0v) is 20.2. The van der Waals surface area contributed by atoms with Crippen LogP contribution < -0.4 is 9.64 Å². The van der Waals surface area contributed by atoms with Crippen molar-refractivity contribution in [1.29, 1.82) is 0 Å². The minimum absolute atomic E-state index is 0.0696. The van der Waals surface area contributed by atoms with Gasteiger partial charge < -0.3 is 19.3 Å². The smallest absolute Gasteiger partial charge is 0.339 e. The number of ether oxygens (including phenoxy) is 2. The van der Waals surface area contributed by atoms with Crippen LogP contribution in [0.2, 0.25) is 0 Å². The molecule has 0 atom stereocenters. The number of carbonyl (C=O) groups excluding carboxylic acids is 2. The van der Waals surface area contributed by atoms with Gasteiger partial charge in [-0.05, 0) is 38.1 Å². The summed E-state index contributed by atoms with van der Waals surface area (Å²) in [5.41, 5.74) is 2.16. The topological polar surface area (TPSA) is 84.9 Å². The van der Waals surface area contributed by atoms with E-state index in [0.29, 0.717) is 45.0 Å². The molecule has 1 fully saturated rings. The zero-order chi connectivity index (χ0) is 23.9. The van der Waals surface area contributed by atoms with Crippen molar-refractivity contribution in [2.75, 3.05) is 44.3 Å². The average Bonchev–Trinajstić information content (AvgIpc) is 3.33. The molecule has 0 saturated carbocycles. The SMILES string of the molecule is CCOC(=O)c1ccc(N2CCN(C(=O)Cc3csc(-c4ccccc4OCC)n3)CC2)nc1. The number of hydrogen-bond donors (Lipinski definition) is 0. The van der Waals surface area contributed by atoms with Gasteiger partial charge in [-0.2, -0.15) is 0 Å². The number of para-hydroxylation sites is 1. The van der Waals surface area contributed by atoms with Crippen LogP contribution in [0.5, 0.6) is 5.75 Å². The van der Waals surface area contributed by atoms with Gasteiger partial charge in [-0.15, -0.1) is 11.3 Å². The number of hydrogen-bond acceptors (Lipinski definition) is 8. The first kappa shape index (κ1) is 23.7. The standard InChI is InChI=1S/C25H28N4O4S/c1-3-32-21-8-6-5-7-20(21)24-27-19(17-34-24)15-23(30)29-13-11-28(12-14-29)22-10-9-18(16-26-22)25(31)33-4-2/h5-10,16-17H,3-4,11-15H2,1-2H3. The number of aromatic nitrogens is 2. The lowest BCUT2D eigenvalue weighted by molar-refractivity contribution is -0.130. The third-order valence-corrected chi connectivity index (χ3v) is 6.44. The highest BCUT2D eigenvalue weighted by Crippen LogP contribution is 2.32. The number of piperazine rings is 1. The van der Waals surface area contributed by atoms with Crippen molar-refractivity contribution in [3.8, 4) is 16.3 Å². The van der Waals surface area contributed by atoms with Gasteiger partial charge >= 0.3 is 5.97 Å². The van der Waals surface area contributed by atoms with E-state index in [4.69, 9.17) is 9.47 Å². The van der Waals surface area contributed by atoms with Crippen LogP contribution in [0, 0.1) is 0 Å². The summed E-state index contributed by atoms with van der Waals surface area (Å²) in [4.78, 5) is 37.8. The molecule has 1 aliphatic rings. The van der Waals surface area contributed by atoms with Gasteiger partial charge in [-0.25, -0.2) is 14.8 Å². The number of anilines is 1.